The van der Waals surface area contributed by atoms with Crippen LogP contribution in [0.25, 0.3) is 11.2 Å². The maximum Gasteiger partial charge on any atom is 0.416 e. The quantitative estimate of drug-likeness (QED) is 0.410. The average molecular weight is 490 g/mol. The fourth-order valence-corrected chi connectivity index (χ4v) is 4.27. The molecule has 1 aliphatic rings. The van der Waals surface area contributed by atoms with Crippen molar-refractivity contribution in [2.24, 2.45) is 11.7 Å². The molecule has 1 fully saturated rings. The first-order valence-corrected chi connectivity index (χ1v) is 11.7. The Labute approximate surface area is 201 Å². The minimum absolute atomic E-state index is 0.00511. The van der Waals surface area contributed by atoms with Crippen LogP contribution in [0.5, 0.6) is 0 Å². The van der Waals surface area contributed by atoms with Crippen LogP contribution in [-0.4, -0.2) is 31.0 Å². The summed E-state index contributed by atoms with van der Waals surface area (Å²) < 4.78 is 40.9. The van der Waals surface area contributed by atoms with Crippen LogP contribution < -0.4 is 16.4 Å². The minimum atomic E-state index is -4.41. The molecule has 0 aliphatic heterocycles. The Hall–Kier alpha value is -3.37. The van der Waals surface area contributed by atoms with Crippen molar-refractivity contribution >= 4 is 34.7 Å². The third-order valence-corrected chi connectivity index (χ3v) is 6.70. The van der Waals surface area contributed by atoms with Crippen LogP contribution >= 0.6 is 0 Å². The summed E-state index contributed by atoms with van der Waals surface area (Å²) in [5, 5.41) is 6.50. The fourth-order valence-electron chi connectivity index (χ4n) is 4.27. The van der Waals surface area contributed by atoms with Crippen LogP contribution in [0.1, 0.15) is 64.5 Å². The Morgan fingerprint density at radius 2 is 1.77 bits per heavy atom. The molecule has 0 bridgehead atoms. The lowest BCUT2D eigenvalue weighted by atomic mass is 9.85. The summed E-state index contributed by atoms with van der Waals surface area (Å²) in [4.78, 5) is 25.5. The van der Waals surface area contributed by atoms with Gasteiger partial charge in [-0.25, -0.2) is 9.97 Å². The third kappa shape index (κ3) is 5.49. The van der Waals surface area contributed by atoms with Crippen molar-refractivity contribution in [3.63, 3.8) is 0 Å². The molecule has 3 aromatic rings. The van der Waals surface area contributed by atoms with E-state index in [4.69, 9.17) is 10.7 Å². The van der Waals surface area contributed by atoms with Gasteiger partial charge in [-0.05, 0) is 70.2 Å². The van der Waals surface area contributed by atoms with Crippen molar-refractivity contribution in [2.45, 2.75) is 70.6 Å². The molecule has 4 N–H and O–H groups in total. The van der Waals surface area contributed by atoms with Gasteiger partial charge in [0.25, 0.3) is 0 Å². The molecule has 11 heteroatoms. The van der Waals surface area contributed by atoms with Crippen LogP contribution in [0, 0.1) is 5.92 Å². The molecule has 1 aromatic carbocycles. The van der Waals surface area contributed by atoms with Crippen molar-refractivity contribution in [2.75, 3.05) is 10.6 Å². The zero-order valence-corrected chi connectivity index (χ0v) is 20.0. The lowest BCUT2D eigenvalue weighted by molar-refractivity contribution is -0.137. The first kappa shape index (κ1) is 24.7. The summed E-state index contributed by atoms with van der Waals surface area (Å²) in [6.07, 6.45) is 0.806. The SMILES string of the molecule is CCC(C)(C)Nc1ncc2nc(Nc3ccc(C(F)(F)F)cc3)n(C3CCC(C(N)=O)CC3)c2n1. The number of aromatic nitrogens is 4. The number of rotatable bonds is 7. The summed E-state index contributed by atoms with van der Waals surface area (Å²) in [7, 11) is 0. The summed E-state index contributed by atoms with van der Waals surface area (Å²) >= 11 is 0. The molecule has 0 atom stereocenters. The maximum atomic E-state index is 13.0. The summed E-state index contributed by atoms with van der Waals surface area (Å²) in [5.74, 6) is 0.475. The van der Waals surface area contributed by atoms with Gasteiger partial charge in [0.15, 0.2) is 5.65 Å². The van der Waals surface area contributed by atoms with E-state index < -0.39 is 11.7 Å². The van der Waals surface area contributed by atoms with Gasteiger partial charge in [-0.2, -0.15) is 18.2 Å². The molecule has 188 valence electrons. The molecule has 1 aliphatic carbocycles. The zero-order valence-electron chi connectivity index (χ0n) is 20.0. The lowest BCUT2D eigenvalue weighted by Crippen LogP contribution is -2.31. The van der Waals surface area contributed by atoms with E-state index in [1.807, 2.05) is 4.57 Å². The van der Waals surface area contributed by atoms with E-state index in [0.717, 1.165) is 18.6 Å². The summed E-state index contributed by atoms with van der Waals surface area (Å²) in [6.45, 7) is 6.18. The van der Waals surface area contributed by atoms with E-state index in [-0.39, 0.29) is 23.4 Å². The molecular formula is C24H30F3N7O. The molecule has 0 unspecified atom stereocenters. The number of hydrogen-bond donors (Lipinski definition) is 3. The molecule has 2 heterocycles. The minimum Gasteiger partial charge on any atom is -0.369 e. The number of imidazole rings is 1. The van der Waals surface area contributed by atoms with Crippen LogP contribution in [0.4, 0.5) is 30.8 Å². The summed E-state index contributed by atoms with van der Waals surface area (Å²) in [5.41, 5.74) is 6.23. The maximum absolute atomic E-state index is 13.0. The largest absolute Gasteiger partial charge is 0.416 e. The van der Waals surface area contributed by atoms with Gasteiger partial charge in [0.1, 0.15) is 5.52 Å². The second-order valence-electron chi connectivity index (χ2n) is 9.68. The Kier molecular flexibility index (Phi) is 6.61. The van der Waals surface area contributed by atoms with Crippen molar-refractivity contribution < 1.29 is 18.0 Å². The Morgan fingerprint density at radius 1 is 1.11 bits per heavy atom. The van der Waals surface area contributed by atoms with Crippen molar-refractivity contribution in [1.29, 1.82) is 0 Å². The standard InChI is InChI=1S/C24H30F3N7O/c1-4-23(2,3)33-21-29-13-18-20(32-21)34(17-11-5-14(6-12-17)19(28)35)22(31-18)30-16-9-7-15(8-10-16)24(25,26)27/h7-10,13-14,17H,4-6,11-12H2,1-3H3,(H2,28,35)(H,30,31)(H,29,32,33). The van der Waals surface area contributed by atoms with Gasteiger partial charge in [0.2, 0.25) is 17.8 Å². The number of anilines is 3. The number of primary amides is 1. The number of nitrogens with two attached hydrogens (primary N) is 1. The van der Waals surface area contributed by atoms with E-state index in [1.54, 1.807) is 6.20 Å². The third-order valence-electron chi connectivity index (χ3n) is 6.70. The number of halogens is 3. The topological polar surface area (TPSA) is 111 Å². The first-order chi connectivity index (χ1) is 16.5. The molecule has 0 radical (unpaired) electrons. The second-order valence-corrected chi connectivity index (χ2v) is 9.68. The highest BCUT2D eigenvalue weighted by molar-refractivity contribution is 5.78. The Bertz CT molecular complexity index is 1200. The highest BCUT2D eigenvalue weighted by atomic mass is 19.4. The fraction of sp³-hybridized carbons (Fsp3) is 0.500. The molecular weight excluding hydrogens is 459 g/mol. The second kappa shape index (κ2) is 9.35. The molecule has 1 amide bonds. The molecule has 4 rings (SSSR count). The van der Waals surface area contributed by atoms with Gasteiger partial charge in [-0.15, -0.1) is 0 Å². The average Bonchev–Trinajstić information content (AvgIpc) is 3.15. The van der Waals surface area contributed by atoms with Crippen LogP contribution in [0.15, 0.2) is 30.5 Å². The van der Waals surface area contributed by atoms with Crippen molar-refractivity contribution in [3.8, 4) is 0 Å². The lowest BCUT2D eigenvalue weighted by Gasteiger charge is -2.29. The molecule has 35 heavy (non-hydrogen) atoms. The molecule has 0 saturated heterocycles. The smallest absolute Gasteiger partial charge is 0.369 e. The molecule has 8 nitrogen and oxygen atoms in total. The van der Waals surface area contributed by atoms with Gasteiger partial charge >= 0.3 is 6.18 Å². The van der Waals surface area contributed by atoms with E-state index in [9.17, 15) is 18.0 Å². The number of nitrogens with one attached hydrogen (secondary N) is 2. The monoisotopic (exact) mass is 489 g/mol. The van der Waals surface area contributed by atoms with Crippen molar-refractivity contribution in [1.82, 2.24) is 19.5 Å². The predicted molar refractivity (Wildman–Crippen MR) is 128 cm³/mol. The van der Waals surface area contributed by atoms with E-state index in [2.05, 4.69) is 41.4 Å². The van der Waals surface area contributed by atoms with Gasteiger partial charge in [0, 0.05) is 23.2 Å². The number of hydrogen-bond acceptors (Lipinski definition) is 6. The number of amides is 1. The molecule has 1 saturated carbocycles. The zero-order chi connectivity index (χ0) is 25.4. The molecule has 0 spiro atoms. The van der Waals surface area contributed by atoms with Gasteiger partial charge in [0.05, 0.1) is 11.8 Å². The first-order valence-electron chi connectivity index (χ1n) is 11.7. The van der Waals surface area contributed by atoms with E-state index >= 15 is 0 Å². The highest BCUT2D eigenvalue weighted by Gasteiger charge is 2.31. The van der Waals surface area contributed by atoms with E-state index in [0.29, 0.717) is 54.4 Å². The number of alkyl halides is 3. The Balaban J connectivity index is 1.71. The van der Waals surface area contributed by atoms with Crippen LogP contribution in [0.3, 0.4) is 0 Å². The number of nitrogens with zero attached hydrogens (tertiary/aromatic N) is 4. The van der Waals surface area contributed by atoms with Gasteiger partial charge in [-0.1, -0.05) is 6.92 Å². The number of carbonyl (C=O) groups is 1. The van der Waals surface area contributed by atoms with E-state index in [1.165, 1.54) is 12.1 Å². The summed E-state index contributed by atoms with van der Waals surface area (Å²) in [6, 6.07) is 4.80. The molecule has 2 aromatic heterocycles. The number of carbonyl (C=O) groups excluding carboxylic acids is 1. The number of benzene rings is 1. The van der Waals surface area contributed by atoms with Gasteiger partial charge < -0.3 is 16.4 Å². The Morgan fingerprint density at radius 3 is 2.34 bits per heavy atom. The normalized spacial score (nSPS) is 19.0. The van der Waals surface area contributed by atoms with Crippen molar-refractivity contribution in [3.05, 3.63) is 36.0 Å². The predicted octanol–water partition coefficient (Wildman–Crippen LogP) is 5.41. The van der Waals surface area contributed by atoms with Crippen LogP contribution in [-0.2, 0) is 11.0 Å². The number of fused-ring (bicyclic) bond motifs is 1. The van der Waals surface area contributed by atoms with Crippen LogP contribution in [0.2, 0.25) is 0 Å². The highest BCUT2D eigenvalue weighted by Crippen LogP contribution is 2.37. The van der Waals surface area contributed by atoms with Gasteiger partial charge in [-0.3, -0.25) is 9.36 Å².